The standard InChI is InChI=1S/C14H24N4O3/c1-10(2)12-13(18(20)21)14(16(3)15-12)17-8-5-4-6-11(17)7-9-19/h10-11,19H,4-9H2,1-3H3. The molecule has 0 saturated carbocycles. The number of nitrogens with zero attached hydrogens (tertiary/aromatic N) is 4. The predicted molar refractivity (Wildman–Crippen MR) is 80.6 cm³/mol. The molecule has 1 fully saturated rings. The Morgan fingerprint density at radius 3 is 2.76 bits per heavy atom. The Morgan fingerprint density at radius 1 is 1.48 bits per heavy atom. The van der Waals surface area contributed by atoms with Crippen LogP contribution >= 0.6 is 0 Å². The molecular weight excluding hydrogens is 272 g/mol. The van der Waals surface area contributed by atoms with Crippen molar-refractivity contribution >= 4 is 11.5 Å². The fourth-order valence-corrected chi connectivity index (χ4v) is 3.14. The smallest absolute Gasteiger partial charge is 0.334 e. The Kier molecular flexibility index (Phi) is 4.82. The number of piperidine rings is 1. The van der Waals surface area contributed by atoms with E-state index in [1.165, 1.54) is 0 Å². The molecule has 0 aromatic carbocycles. The average Bonchev–Trinajstić information content (AvgIpc) is 2.78. The third-order valence-electron chi connectivity index (χ3n) is 4.11. The van der Waals surface area contributed by atoms with Gasteiger partial charge in [0.1, 0.15) is 5.69 Å². The zero-order valence-corrected chi connectivity index (χ0v) is 12.9. The van der Waals surface area contributed by atoms with Crippen molar-refractivity contribution in [1.82, 2.24) is 9.78 Å². The van der Waals surface area contributed by atoms with Crippen molar-refractivity contribution in [1.29, 1.82) is 0 Å². The van der Waals surface area contributed by atoms with E-state index < -0.39 is 0 Å². The van der Waals surface area contributed by atoms with Gasteiger partial charge in [-0.25, -0.2) is 4.68 Å². The number of aliphatic hydroxyl groups is 1. The lowest BCUT2D eigenvalue weighted by atomic mass is 9.99. The first kappa shape index (κ1) is 15.8. The number of hydrogen-bond donors (Lipinski definition) is 1. The van der Waals surface area contributed by atoms with E-state index in [9.17, 15) is 15.2 Å². The van der Waals surface area contributed by atoms with Gasteiger partial charge in [-0.05, 0) is 25.7 Å². The lowest BCUT2D eigenvalue weighted by molar-refractivity contribution is -0.385. The molecule has 118 valence electrons. The highest BCUT2D eigenvalue weighted by Gasteiger charge is 2.35. The van der Waals surface area contributed by atoms with Gasteiger partial charge in [-0.3, -0.25) is 10.1 Å². The fourth-order valence-electron chi connectivity index (χ4n) is 3.14. The molecule has 7 heteroatoms. The third kappa shape index (κ3) is 3.02. The van der Waals surface area contributed by atoms with Crippen LogP contribution in [0.15, 0.2) is 0 Å². The SMILES string of the molecule is CC(C)c1nn(C)c(N2CCCCC2CCO)c1[N+](=O)[O-]. The number of hydrogen-bond acceptors (Lipinski definition) is 5. The molecule has 0 radical (unpaired) electrons. The molecule has 1 aromatic heterocycles. The van der Waals surface area contributed by atoms with E-state index in [1.807, 2.05) is 13.8 Å². The second-order valence-corrected chi connectivity index (χ2v) is 5.95. The van der Waals surface area contributed by atoms with Gasteiger partial charge < -0.3 is 10.0 Å². The van der Waals surface area contributed by atoms with Crippen molar-refractivity contribution < 1.29 is 10.0 Å². The van der Waals surface area contributed by atoms with E-state index >= 15 is 0 Å². The van der Waals surface area contributed by atoms with E-state index in [-0.39, 0.29) is 29.2 Å². The maximum Gasteiger partial charge on any atom is 0.334 e. The van der Waals surface area contributed by atoms with Crippen LogP contribution in [0.1, 0.15) is 51.1 Å². The van der Waals surface area contributed by atoms with Crippen molar-refractivity contribution in [2.75, 3.05) is 18.1 Å². The summed E-state index contributed by atoms with van der Waals surface area (Å²) in [7, 11) is 1.76. The van der Waals surface area contributed by atoms with Gasteiger partial charge in [-0.15, -0.1) is 0 Å². The molecule has 1 saturated heterocycles. The van der Waals surface area contributed by atoms with E-state index in [0.717, 1.165) is 25.8 Å². The first-order valence-corrected chi connectivity index (χ1v) is 7.56. The Hall–Kier alpha value is -1.63. The van der Waals surface area contributed by atoms with Crippen molar-refractivity contribution in [2.45, 2.75) is 51.5 Å². The Morgan fingerprint density at radius 2 is 2.19 bits per heavy atom. The van der Waals surface area contributed by atoms with Gasteiger partial charge in [0, 0.05) is 32.2 Å². The summed E-state index contributed by atoms with van der Waals surface area (Å²) in [6.45, 7) is 4.72. The van der Waals surface area contributed by atoms with Crippen LogP contribution in [0.3, 0.4) is 0 Å². The highest BCUT2D eigenvalue weighted by Crippen LogP contribution is 2.38. The highest BCUT2D eigenvalue weighted by molar-refractivity contribution is 5.63. The Bertz CT molecular complexity index is 511. The van der Waals surface area contributed by atoms with Crippen molar-refractivity contribution in [2.24, 2.45) is 7.05 Å². The second kappa shape index (κ2) is 6.43. The minimum absolute atomic E-state index is 0.00596. The molecule has 0 bridgehead atoms. The quantitative estimate of drug-likeness (QED) is 0.665. The van der Waals surface area contributed by atoms with Crippen molar-refractivity contribution in [3.8, 4) is 0 Å². The van der Waals surface area contributed by atoms with Gasteiger partial charge in [0.05, 0.1) is 4.92 Å². The maximum atomic E-state index is 11.5. The van der Waals surface area contributed by atoms with E-state index in [2.05, 4.69) is 10.00 Å². The molecule has 1 aliphatic heterocycles. The van der Waals surface area contributed by atoms with Crippen LogP contribution < -0.4 is 4.90 Å². The topological polar surface area (TPSA) is 84.4 Å². The van der Waals surface area contributed by atoms with Crippen LogP contribution in [0.5, 0.6) is 0 Å². The lowest BCUT2D eigenvalue weighted by Gasteiger charge is -2.36. The summed E-state index contributed by atoms with van der Waals surface area (Å²) in [6.07, 6.45) is 3.71. The van der Waals surface area contributed by atoms with Gasteiger partial charge in [0.15, 0.2) is 0 Å². The number of rotatable bonds is 5. The fraction of sp³-hybridized carbons (Fsp3) is 0.786. The van der Waals surface area contributed by atoms with Crippen LogP contribution in [0.25, 0.3) is 0 Å². The monoisotopic (exact) mass is 296 g/mol. The molecule has 1 aliphatic rings. The number of aryl methyl sites for hydroxylation is 1. The molecule has 0 amide bonds. The molecule has 0 aliphatic carbocycles. The maximum absolute atomic E-state index is 11.5. The highest BCUT2D eigenvalue weighted by atomic mass is 16.6. The van der Waals surface area contributed by atoms with E-state index in [1.54, 1.807) is 11.7 Å². The van der Waals surface area contributed by atoms with Gasteiger partial charge in [0.2, 0.25) is 5.82 Å². The molecule has 1 atom stereocenters. The molecule has 21 heavy (non-hydrogen) atoms. The number of anilines is 1. The van der Waals surface area contributed by atoms with Crippen LogP contribution in [-0.4, -0.2) is 39.0 Å². The molecular formula is C14H24N4O3. The molecule has 2 rings (SSSR count). The Labute approximate surface area is 124 Å². The number of nitro groups is 1. The minimum Gasteiger partial charge on any atom is -0.396 e. The van der Waals surface area contributed by atoms with E-state index in [0.29, 0.717) is 17.9 Å². The van der Waals surface area contributed by atoms with Gasteiger partial charge in [-0.2, -0.15) is 5.10 Å². The van der Waals surface area contributed by atoms with Crippen LogP contribution in [0, 0.1) is 10.1 Å². The zero-order valence-electron chi connectivity index (χ0n) is 12.9. The van der Waals surface area contributed by atoms with E-state index in [4.69, 9.17) is 0 Å². The molecule has 2 heterocycles. The van der Waals surface area contributed by atoms with Crippen LogP contribution in [-0.2, 0) is 7.05 Å². The lowest BCUT2D eigenvalue weighted by Crippen LogP contribution is -2.41. The summed E-state index contributed by atoms with van der Waals surface area (Å²) in [5.74, 6) is 0.591. The average molecular weight is 296 g/mol. The minimum atomic E-state index is -0.317. The van der Waals surface area contributed by atoms with Crippen LogP contribution in [0.4, 0.5) is 11.5 Å². The molecule has 7 nitrogen and oxygen atoms in total. The molecule has 1 N–H and O–H groups in total. The zero-order chi connectivity index (χ0) is 15.6. The molecule has 1 aromatic rings. The number of aliphatic hydroxyl groups excluding tert-OH is 1. The normalized spacial score (nSPS) is 19.3. The Balaban J connectivity index is 2.48. The summed E-state index contributed by atoms with van der Waals surface area (Å²) >= 11 is 0. The summed E-state index contributed by atoms with van der Waals surface area (Å²) in [6, 6.07) is 0.151. The van der Waals surface area contributed by atoms with Gasteiger partial charge >= 0.3 is 5.69 Å². The van der Waals surface area contributed by atoms with Gasteiger partial charge in [-0.1, -0.05) is 13.8 Å². The third-order valence-corrected chi connectivity index (χ3v) is 4.11. The summed E-state index contributed by atoms with van der Waals surface area (Å²) < 4.78 is 1.63. The summed E-state index contributed by atoms with van der Waals surface area (Å²) in [5, 5.41) is 25.2. The largest absolute Gasteiger partial charge is 0.396 e. The van der Waals surface area contributed by atoms with Crippen molar-refractivity contribution in [3.05, 3.63) is 15.8 Å². The molecule has 1 unspecified atom stereocenters. The number of aromatic nitrogens is 2. The summed E-state index contributed by atoms with van der Waals surface area (Å²) in [4.78, 5) is 13.3. The molecule has 0 spiro atoms. The first-order valence-electron chi connectivity index (χ1n) is 7.56. The predicted octanol–water partition coefficient (Wildman–Crippen LogP) is 2.19. The second-order valence-electron chi connectivity index (χ2n) is 5.95. The first-order chi connectivity index (χ1) is 9.97. The van der Waals surface area contributed by atoms with Crippen LogP contribution in [0.2, 0.25) is 0 Å². The summed E-state index contributed by atoms with van der Waals surface area (Å²) in [5.41, 5.74) is 0.656. The van der Waals surface area contributed by atoms with Gasteiger partial charge in [0.25, 0.3) is 0 Å². The van der Waals surface area contributed by atoms with Crippen molar-refractivity contribution in [3.63, 3.8) is 0 Å².